The van der Waals surface area contributed by atoms with Gasteiger partial charge in [-0.05, 0) is 37.1 Å². The Labute approximate surface area is 182 Å². The highest BCUT2D eigenvalue weighted by atomic mass is 32.2. The van der Waals surface area contributed by atoms with Crippen molar-refractivity contribution in [1.82, 2.24) is 14.2 Å². The molecule has 0 bridgehead atoms. The lowest BCUT2D eigenvalue weighted by Gasteiger charge is -2.35. The molecule has 0 atom stereocenters. The van der Waals surface area contributed by atoms with Crippen molar-refractivity contribution in [2.24, 2.45) is 0 Å². The molecule has 0 saturated carbocycles. The van der Waals surface area contributed by atoms with Gasteiger partial charge in [-0.25, -0.2) is 8.42 Å². The van der Waals surface area contributed by atoms with Crippen molar-refractivity contribution >= 4 is 21.4 Å². The third-order valence-electron chi connectivity index (χ3n) is 5.92. The summed E-state index contributed by atoms with van der Waals surface area (Å²) in [5.74, 6) is 0. The molecule has 2 aliphatic heterocycles. The summed E-state index contributed by atoms with van der Waals surface area (Å²) in [5.41, 5.74) is 1.31. The first-order valence-corrected chi connectivity index (χ1v) is 12.0. The van der Waals surface area contributed by atoms with Crippen LogP contribution in [0, 0.1) is 10.1 Å². The fraction of sp³-hybridized carbons (Fsp3) is 0.476. The number of rotatable bonds is 6. The van der Waals surface area contributed by atoms with Gasteiger partial charge in [-0.1, -0.05) is 12.5 Å². The summed E-state index contributed by atoms with van der Waals surface area (Å²) in [7, 11) is -3.71. The van der Waals surface area contributed by atoms with Crippen LogP contribution >= 0.6 is 0 Å². The Balaban J connectivity index is 1.49. The third kappa shape index (κ3) is 4.86. The van der Waals surface area contributed by atoms with E-state index >= 15 is 0 Å². The number of nitro groups is 1. The number of hydrogen-bond acceptors (Lipinski definition) is 7. The number of anilines is 1. The highest BCUT2D eigenvalue weighted by Gasteiger charge is 2.30. The largest absolute Gasteiger partial charge is 0.363 e. The van der Waals surface area contributed by atoms with Crippen molar-refractivity contribution in [2.75, 3.05) is 44.2 Å². The molecule has 0 spiro atoms. The van der Waals surface area contributed by atoms with Gasteiger partial charge in [-0.2, -0.15) is 4.31 Å². The zero-order valence-corrected chi connectivity index (χ0v) is 18.2. The second-order valence-corrected chi connectivity index (χ2v) is 9.89. The van der Waals surface area contributed by atoms with Crippen LogP contribution in [0.5, 0.6) is 0 Å². The summed E-state index contributed by atoms with van der Waals surface area (Å²) >= 11 is 0. The Bertz CT molecular complexity index is 1020. The number of benzene rings is 1. The van der Waals surface area contributed by atoms with Crippen LogP contribution in [-0.2, 0) is 16.6 Å². The van der Waals surface area contributed by atoms with E-state index in [1.165, 1.54) is 16.4 Å². The Morgan fingerprint density at radius 2 is 1.71 bits per heavy atom. The highest BCUT2D eigenvalue weighted by Crippen LogP contribution is 2.33. The van der Waals surface area contributed by atoms with Gasteiger partial charge in [0.05, 0.1) is 15.5 Å². The van der Waals surface area contributed by atoms with E-state index in [1.807, 2.05) is 23.1 Å². The Hall–Kier alpha value is -2.56. The van der Waals surface area contributed by atoms with Crippen molar-refractivity contribution < 1.29 is 13.3 Å². The molecule has 2 aliphatic rings. The van der Waals surface area contributed by atoms with E-state index in [0.29, 0.717) is 31.9 Å². The van der Waals surface area contributed by atoms with E-state index in [0.717, 1.165) is 44.6 Å². The van der Waals surface area contributed by atoms with E-state index in [-0.39, 0.29) is 10.6 Å². The van der Waals surface area contributed by atoms with E-state index in [4.69, 9.17) is 0 Å². The van der Waals surface area contributed by atoms with Crippen LogP contribution in [0.2, 0.25) is 0 Å². The zero-order valence-electron chi connectivity index (χ0n) is 17.4. The highest BCUT2D eigenvalue weighted by molar-refractivity contribution is 7.89. The van der Waals surface area contributed by atoms with Gasteiger partial charge in [0.1, 0.15) is 5.69 Å². The van der Waals surface area contributed by atoms with Crippen molar-refractivity contribution in [1.29, 1.82) is 0 Å². The minimum atomic E-state index is -3.71. The summed E-state index contributed by atoms with van der Waals surface area (Å²) in [5, 5.41) is 11.8. The molecule has 10 heteroatoms. The second-order valence-electron chi connectivity index (χ2n) is 7.96. The van der Waals surface area contributed by atoms with Gasteiger partial charge in [-0.3, -0.25) is 20.0 Å². The molecular weight excluding hydrogens is 418 g/mol. The molecule has 2 aromatic rings. The summed E-state index contributed by atoms with van der Waals surface area (Å²) in [6, 6.07) is 10.1. The normalized spacial score (nSPS) is 18.8. The van der Waals surface area contributed by atoms with Gasteiger partial charge < -0.3 is 4.90 Å². The van der Waals surface area contributed by atoms with Crippen LogP contribution in [-0.4, -0.2) is 66.8 Å². The number of sulfonamides is 1. The average molecular weight is 446 g/mol. The fourth-order valence-corrected chi connectivity index (χ4v) is 5.74. The van der Waals surface area contributed by atoms with Gasteiger partial charge in [0.15, 0.2) is 0 Å². The Morgan fingerprint density at radius 1 is 0.968 bits per heavy atom. The standard InChI is InChI=1S/C21H27N5O4S/c27-26(28)21-16-19(31(29,30)25-10-4-1-5-11-25)7-8-20(21)24-14-12-23(13-15-24)17-18-6-2-3-9-22-18/h2-3,6-9,16H,1,4-5,10-15,17H2. The van der Waals surface area contributed by atoms with E-state index in [9.17, 15) is 18.5 Å². The molecule has 2 saturated heterocycles. The van der Waals surface area contributed by atoms with Gasteiger partial charge in [0, 0.05) is 58.1 Å². The molecule has 1 aromatic heterocycles. The van der Waals surface area contributed by atoms with Crippen LogP contribution in [0.4, 0.5) is 11.4 Å². The number of nitro benzene ring substituents is 1. The van der Waals surface area contributed by atoms with Crippen molar-refractivity contribution in [2.45, 2.75) is 30.7 Å². The summed E-state index contributed by atoms with van der Waals surface area (Å²) in [4.78, 5) is 19.9. The molecular formula is C21H27N5O4S. The lowest BCUT2D eigenvalue weighted by molar-refractivity contribution is -0.384. The SMILES string of the molecule is O=[N+]([O-])c1cc(S(=O)(=O)N2CCCCC2)ccc1N1CCN(Cc2ccccn2)CC1. The molecule has 166 valence electrons. The van der Waals surface area contributed by atoms with Crippen molar-refractivity contribution in [3.05, 3.63) is 58.4 Å². The molecule has 31 heavy (non-hydrogen) atoms. The van der Waals surface area contributed by atoms with E-state index in [1.54, 1.807) is 12.3 Å². The first-order chi connectivity index (χ1) is 14.9. The quantitative estimate of drug-likeness (QED) is 0.497. The van der Waals surface area contributed by atoms with Crippen LogP contribution in [0.25, 0.3) is 0 Å². The maximum Gasteiger partial charge on any atom is 0.293 e. The van der Waals surface area contributed by atoms with Gasteiger partial charge >= 0.3 is 0 Å². The monoisotopic (exact) mass is 445 g/mol. The number of piperidine rings is 1. The summed E-state index contributed by atoms with van der Waals surface area (Å²) in [6.07, 6.45) is 4.43. The zero-order chi connectivity index (χ0) is 21.8. The lowest BCUT2D eigenvalue weighted by atomic mass is 10.2. The summed E-state index contributed by atoms with van der Waals surface area (Å²) in [6.45, 7) is 4.44. The first kappa shape index (κ1) is 21.7. The predicted molar refractivity (Wildman–Crippen MR) is 117 cm³/mol. The molecule has 0 radical (unpaired) electrons. The maximum absolute atomic E-state index is 12.9. The number of hydrogen-bond donors (Lipinski definition) is 0. The molecule has 0 unspecified atom stereocenters. The Kier molecular flexibility index (Phi) is 6.49. The van der Waals surface area contributed by atoms with Crippen molar-refractivity contribution in [3.63, 3.8) is 0 Å². The van der Waals surface area contributed by atoms with Crippen molar-refractivity contribution in [3.8, 4) is 0 Å². The van der Waals surface area contributed by atoms with Crippen LogP contribution in [0.3, 0.4) is 0 Å². The summed E-state index contributed by atoms with van der Waals surface area (Å²) < 4.78 is 27.3. The van der Waals surface area contributed by atoms with Crippen LogP contribution in [0.1, 0.15) is 25.0 Å². The molecule has 9 nitrogen and oxygen atoms in total. The first-order valence-electron chi connectivity index (χ1n) is 10.6. The maximum atomic E-state index is 12.9. The molecule has 2 fully saturated rings. The minimum Gasteiger partial charge on any atom is -0.363 e. The van der Waals surface area contributed by atoms with Crippen LogP contribution in [0.15, 0.2) is 47.5 Å². The number of aromatic nitrogens is 1. The number of piperazine rings is 1. The molecule has 0 N–H and O–H groups in total. The van der Waals surface area contributed by atoms with Crippen LogP contribution < -0.4 is 4.90 Å². The van der Waals surface area contributed by atoms with Gasteiger partial charge in [-0.15, -0.1) is 0 Å². The third-order valence-corrected chi connectivity index (χ3v) is 7.82. The minimum absolute atomic E-state index is 0.00126. The van der Waals surface area contributed by atoms with Gasteiger partial charge in [0.2, 0.25) is 10.0 Å². The lowest BCUT2D eigenvalue weighted by Crippen LogP contribution is -2.46. The fourth-order valence-electron chi connectivity index (χ4n) is 4.20. The molecule has 0 aliphatic carbocycles. The molecule has 1 aromatic carbocycles. The Morgan fingerprint density at radius 3 is 2.35 bits per heavy atom. The molecule has 0 amide bonds. The predicted octanol–water partition coefficient (Wildman–Crippen LogP) is 2.49. The van der Waals surface area contributed by atoms with E-state index in [2.05, 4.69) is 9.88 Å². The second kappa shape index (κ2) is 9.29. The van der Waals surface area contributed by atoms with E-state index < -0.39 is 14.9 Å². The van der Waals surface area contributed by atoms with Gasteiger partial charge in [0.25, 0.3) is 5.69 Å². The number of nitrogens with zero attached hydrogens (tertiary/aromatic N) is 5. The number of pyridine rings is 1. The topological polar surface area (TPSA) is 99.9 Å². The molecule has 4 rings (SSSR count). The average Bonchev–Trinajstić information content (AvgIpc) is 2.80. The smallest absolute Gasteiger partial charge is 0.293 e. The molecule has 3 heterocycles.